The van der Waals surface area contributed by atoms with Gasteiger partial charge in [0.1, 0.15) is 0 Å². The van der Waals surface area contributed by atoms with E-state index in [1.807, 2.05) is 18.8 Å². The molecule has 1 aromatic heterocycles. The highest BCUT2D eigenvalue weighted by Crippen LogP contribution is 2.24. The second kappa shape index (κ2) is 7.82. The summed E-state index contributed by atoms with van der Waals surface area (Å²) in [6, 6.07) is 0.339. The lowest BCUT2D eigenvalue weighted by atomic mass is 10.0. The number of halogens is 1. The molecule has 17 heavy (non-hydrogen) atoms. The summed E-state index contributed by atoms with van der Waals surface area (Å²) in [7, 11) is 3.94. The molecule has 0 aliphatic heterocycles. The van der Waals surface area contributed by atoms with Crippen molar-refractivity contribution in [2.45, 2.75) is 51.5 Å². The molecule has 0 spiro atoms. The van der Waals surface area contributed by atoms with Gasteiger partial charge in [0.15, 0.2) is 4.60 Å². The highest BCUT2D eigenvalue weighted by molar-refractivity contribution is 9.10. The van der Waals surface area contributed by atoms with E-state index in [9.17, 15) is 0 Å². The molecule has 1 N–H and O–H groups in total. The zero-order chi connectivity index (χ0) is 12.7. The molecule has 4 nitrogen and oxygen atoms in total. The van der Waals surface area contributed by atoms with Gasteiger partial charge >= 0.3 is 0 Å². The van der Waals surface area contributed by atoms with Crippen LogP contribution in [0.2, 0.25) is 0 Å². The maximum atomic E-state index is 4.03. The monoisotopic (exact) mass is 302 g/mol. The summed E-state index contributed by atoms with van der Waals surface area (Å²) >= 11 is 3.46. The van der Waals surface area contributed by atoms with Crippen LogP contribution in [-0.2, 0) is 7.05 Å². The van der Waals surface area contributed by atoms with Gasteiger partial charge in [0.2, 0.25) is 0 Å². The number of unbranched alkanes of at least 4 members (excludes halogenated alkanes) is 4. The average molecular weight is 303 g/mol. The summed E-state index contributed by atoms with van der Waals surface area (Å²) in [5, 5.41) is 11.4. The van der Waals surface area contributed by atoms with E-state index in [4.69, 9.17) is 0 Å². The number of nitrogens with one attached hydrogen (secondary N) is 1. The lowest BCUT2D eigenvalue weighted by molar-refractivity contribution is 0.471. The minimum atomic E-state index is 0.339. The van der Waals surface area contributed by atoms with Crippen LogP contribution in [0.4, 0.5) is 0 Å². The number of rotatable bonds is 8. The zero-order valence-electron chi connectivity index (χ0n) is 11.0. The predicted molar refractivity (Wildman–Crippen MR) is 73.9 cm³/mol. The molecule has 1 aromatic rings. The maximum Gasteiger partial charge on any atom is 0.153 e. The van der Waals surface area contributed by atoms with Crippen molar-refractivity contribution in [3.8, 4) is 0 Å². The number of hydrogen-bond acceptors (Lipinski definition) is 3. The lowest BCUT2D eigenvalue weighted by Crippen LogP contribution is -2.19. The van der Waals surface area contributed by atoms with Crippen LogP contribution >= 0.6 is 15.9 Å². The predicted octanol–water partition coefficient (Wildman–Crippen LogP) is 3.20. The normalized spacial score (nSPS) is 12.9. The molecule has 1 heterocycles. The summed E-state index contributed by atoms with van der Waals surface area (Å²) < 4.78 is 2.70. The lowest BCUT2D eigenvalue weighted by Gasteiger charge is -2.16. The first kappa shape index (κ1) is 14.6. The van der Waals surface area contributed by atoms with Crippen molar-refractivity contribution in [2.75, 3.05) is 7.05 Å². The first-order valence-corrected chi connectivity index (χ1v) is 7.22. The molecule has 98 valence electrons. The second-order valence-electron chi connectivity index (χ2n) is 4.43. The van der Waals surface area contributed by atoms with Gasteiger partial charge in [-0.2, -0.15) is 0 Å². The molecular formula is C12H23BrN4. The molecule has 5 heteroatoms. The van der Waals surface area contributed by atoms with Crippen molar-refractivity contribution in [1.29, 1.82) is 0 Å². The van der Waals surface area contributed by atoms with Gasteiger partial charge in [0.05, 0.1) is 11.7 Å². The third kappa shape index (κ3) is 4.39. The average Bonchev–Trinajstić information content (AvgIpc) is 2.65. The van der Waals surface area contributed by atoms with Gasteiger partial charge in [0.25, 0.3) is 0 Å². The molecule has 0 saturated heterocycles. The quantitative estimate of drug-likeness (QED) is 0.750. The Kier molecular flexibility index (Phi) is 6.73. The fourth-order valence-corrected chi connectivity index (χ4v) is 2.68. The fraction of sp³-hybridized carbons (Fsp3) is 0.833. The standard InChI is InChI=1S/C12H23BrN4/c1-4-5-6-7-8-9-10(14-2)11-12(13)15-16-17(11)3/h10,14H,4-9H2,1-3H3. The topological polar surface area (TPSA) is 42.7 Å². The molecular weight excluding hydrogens is 280 g/mol. The minimum absolute atomic E-state index is 0.339. The van der Waals surface area contributed by atoms with Gasteiger partial charge in [-0.25, -0.2) is 4.68 Å². The van der Waals surface area contributed by atoms with Crippen molar-refractivity contribution in [1.82, 2.24) is 20.3 Å². The molecule has 0 saturated carbocycles. The van der Waals surface area contributed by atoms with E-state index in [1.165, 1.54) is 32.1 Å². The van der Waals surface area contributed by atoms with E-state index in [0.29, 0.717) is 6.04 Å². The van der Waals surface area contributed by atoms with Gasteiger partial charge in [-0.1, -0.05) is 44.2 Å². The fourth-order valence-electron chi connectivity index (χ4n) is 2.08. The molecule has 0 amide bonds. The molecule has 0 bridgehead atoms. The van der Waals surface area contributed by atoms with E-state index in [0.717, 1.165) is 16.7 Å². The SMILES string of the molecule is CCCCCCCC(NC)c1c(Br)nnn1C. The van der Waals surface area contributed by atoms with Gasteiger partial charge < -0.3 is 5.32 Å². The molecule has 1 rings (SSSR count). The summed E-state index contributed by atoms with van der Waals surface area (Å²) in [5.74, 6) is 0. The van der Waals surface area contributed by atoms with Crippen molar-refractivity contribution in [2.24, 2.45) is 7.05 Å². The van der Waals surface area contributed by atoms with Gasteiger partial charge in [-0.3, -0.25) is 0 Å². The molecule has 0 fully saturated rings. The van der Waals surface area contributed by atoms with E-state index in [-0.39, 0.29) is 0 Å². The molecule has 1 unspecified atom stereocenters. The highest BCUT2D eigenvalue weighted by atomic mass is 79.9. The summed E-state index contributed by atoms with van der Waals surface area (Å²) in [6.07, 6.45) is 7.70. The summed E-state index contributed by atoms with van der Waals surface area (Å²) in [5.41, 5.74) is 1.14. The van der Waals surface area contributed by atoms with Gasteiger partial charge in [-0.15, -0.1) is 5.10 Å². The maximum absolute atomic E-state index is 4.03. The van der Waals surface area contributed by atoms with Crippen LogP contribution in [0.1, 0.15) is 57.2 Å². The third-order valence-electron chi connectivity index (χ3n) is 3.10. The smallest absolute Gasteiger partial charge is 0.153 e. The first-order chi connectivity index (χ1) is 8.20. The van der Waals surface area contributed by atoms with Crippen molar-refractivity contribution < 1.29 is 0 Å². The van der Waals surface area contributed by atoms with E-state index < -0.39 is 0 Å². The Labute approximate surface area is 112 Å². The number of aryl methyl sites for hydroxylation is 1. The summed E-state index contributed by atoms with van der Waals surface area (Å²) in [6.45, 7) is 2.24. The van der Waals surface area contributed by atoms with Crippen LogP contribution in [0.5, 0.6) is 0 Å². The number of hydrogen-bond donors (Lipinski definition) is 1. The second-order valence-corrected chi connectivity index (χ2v) is 5.18. The minimum Gasteiger partial charge on any atom is -0.312 e. The van der Waals surface area contributed by atoms with Crippen LogP contribution in [0.3, 0.4) is 0 Å². The molecule has 0 radical (unpaired) electrons. The van der Waals surface area contributed by atoms with E-state index in [2.05, 4.69) is 38.5 Å². The molecule has 0 aliphatic rings. The van der Waals surface area contributed by atoms with Crippen molar-refractivity contribution >= 4 is 15.9 Å². The Morgan fingerprint density at radius 1 is 1.29 bits per heavy atom. The van der Waals surface area contributed by atoms with Gasteiger partial charge in [0, 0.05) is 7.05 Å². The molecule has 1 atom stereocenters. The Morgan fingerprint density at radius 2 is 2.00 bits per heavy atom. The van der Waals surface area contributed by atoms with E-state index in [1.54, 1.807) is 0 Å². The summed E-state index contributed by atoms with van der Waals surface area (Å²) in [4.78, 5) is 0. The Balaban J connectivity index is 2.43. The Morgan fingerprint density at radius 3 is 2.53 bits per heavy atom. The van der Waals surface area contributed by atoms with Crippen LogP contribution in [0, 0.1) is 0 Å². The van der Waals surface area contributed by atoms with Crippen LogP contribution in [0.25, 0.3) is 0 Å². The molecule has 0 aromatic carbocycles. The number of nitrogens with zero attached hydrogens (tertiary/aromatic N) is 3. The van der Waals surface area contributed by atoms with E-state index >= 15 is 0 Å². The Hall–Kier alpha value is -0.420. The highest BCUT2D eigenvalue weighted by Gasteiger charge is 2.17. The van der Waals surface area contributed by atoms with Crippen LogP contribution in [-0.4, -0.2) is 22.0 Å². The van der Waals surface area contributed by atoms with Gasteiger partial charge in [-0.05, 0) is 29.4 Å². The van der Waals surface area contributed by atoms with Crippen LogP contribution < -0.4 is 5.32 Å². The Bertz CT molecular complexity index is 305. The van der Waals surface area contributed by atoms with Crippen molar-refractivity contribution in [3.05, 3.63) is 10.3 Å². The zero-order valence-corrected chi connectivity index (χ0v) is 12.6. The van der Waals surface area contributed by atoms with Crippen LogP contribution in [0.15, 0.2) is 4.60 Å². The third-order valence-corrected chi connectivity index (χ3v) is 3.67. The largest absolute Gasteiger partial charge is 0.312 e. The molecule has 0 aliphatic carbocycles. The first-order valence-electron chi connectivity index (χ1n) is 6.43. The number of aromatic nitrogens is 3. The van der Waals surface area contributed by atoms with Crippen molar-refractivity contribution in [3.63, 3.8) is 0 Å².